The molecule has 0 aliphatic heterocycles. The fourth-order valence-electron chi connectivity index (χ4n) is 1.82. The Bertz CT molecular complexity index is 430. The van der Waals surface area contributed by atoms with E-state index in [4.69, 9.17) is 4.74 Å². The van der Waals surface area contributed by atoms with Gasteiger partial charge in [0, 0.05) is 6.08 Å². The van der Waals surface area contributed by atoms with Crippen LogP contribution in [0.4, 0.5) is 0 Å². The Kier molecular flexibility index (Phi) is 5.81. The number of carbonyl (C=O) groups is 1. The highest BCUT2D eigenvalue weighted by Crippen LogP contribution is 2.24. The van der Waals surface area contributed by atoms with Crippen molar-refractivity contribution in [2.75, 3.05) is 6.61 Å². The fourth-order valence-corrected chi connectivity index (χ4v) is 1.82. The molecule has 104 valence electrons. The maximum atomic E-state index is 11.3. The summed E-state index contributed by atoms with van der Waals surface area (Å²) < 4.78 is 4.89. The molecule has 1 rings (SSSR count). The molecule has 0 bridgehead atoms. The lowest BCUT2D eigenvalue weighted by molar-refractivity contribution is -0.137. The van der Waals surface area contributed by atoms with Crippen molar-refractivity contribution in [2.24, 2.45) is 0 Å². The first-order valence-electron chi connectivity index (χ1n) is 6.93. The molecule has 0 unspecified atom stereocenters. The van der Waals surface area contributed by atoms with Gasteiger partial charge in [-0.05, 0) is 41.5 Å². The lowest BCUT2D eigenvalue weighted by Gasteiger charge is -2.12. The van der Waals surface area contributed by atoms with Crippen LogP contribution in [0.2, 0.25) is 0 Å². The van der Waals surface area contributed by atoms with Gasteiger partial charge in [-0.15, -0.1) is 0 Å². The zero-order valence-electron chi connectivity index (χ0n) is 12.6. The van der Waals surface area contributed by atoms with Gasteiger partial charge in [-0.25, -0.2) is 4.79 Å². The van der Waals surface area contributed by atoms with E-state index in [2.05, 4.69) is 45.9 Å². The normalized spacial score (nSPS) is 11.5. The average Bonchev–Trinajstić information content (AvgIpc) is 2.36. The van der Waals surface area contributed by atoms with Crippen molar-refractivity contribution in [1.29, 1.82) is 0 Å². The van der Waals surface area contributed by atoms with E-state index in [9.17, 15) is 4.79 Å². The van der Waals surface area contributed by atoms with Crippen LogP contribution in [-0.4, -0.2) is 12.6 Å². The summed E-state index contributed by atoms with van der Waals surface area (Å²) in [6.45, 7) is 10.9. The summed E-state index contributed by atoms with van der Waals surface area (Å²) in [5.74, 6) is 0.672. The maximum Gasteiger partial charge on any atom is 0.330 e. The summed E-state index contributed by atoms with van der Waals surface area (Å²) >= 11 is 0. The van der Waals surface area contributed by atoms with Crippen LogP contribution in [0, 0.1) is 0 Å². The van der Waals surface area contributed by atoms with E-state index in [-0.39, 0.29) is 5.97 Å². The predicted molar refractivity (Wildman–Crippen MR) is 80.3 cm³/mol. The second-order valence-electron chi connectivity index (χ2n) is 5.33. The van der Waals surface area contributed by atoms with Crippen LogP contribution in [0.3, 0.4) is 0 Å². The van der Waals surface area contributed by atoms with Gasteiger partial charge in [0.15, 0.2) is 0 Å². The molecule has 1 aromatic carbocycles. The van der Waals surface area contributed by atoms with Crippen LogP contribution in [0.5, 0.6) is 0 Å². The number of ether oxygens (including phenoxy) is 1. The molecule has 19 heavy (non-hydrogen) atoms. The highest BCUT2D eigenvalue weighted by atomic mass is 16.5. The van der Waals surface area contributed by atoms with Gasteiger partial charge in [0.2, 0.25) is 0 Å². The Labute approximate surface area is 116 Å². The van der Waals surface area contributed by atoms with Gasteiger partial charge in [-0.1, -0.05) is 45.9 Å². The molecular formula is C17H24O2. The molecule has 0 aliphatic carbocycles. The number of carbonyl (C=O) groups excluding carboxylic acids is 1. The number of hydrogen-bond acceptors (Lipinski definition) is 2. The Morgan fingerprint density at radius 1 is 1.11 bits per heavy atom. The molecule has 0 fully saturated rings. The molecule has 2 heteroatoms. The molecule has 0 aromatic heterocycles. The monoisotopic (exact) mass is 260 g/mol. The minimum Gasteiger partial charge on any atom is -0.463 e. The molecule has 0 radical (unpaired) electrons. The summed E-state index contributed by atoms with van der Waals surface area (Å²) in [4.78, 5) is 11.3. The van der Waals surface area contributed by atoms with Crippen LogP contribution < -0.4 is 0 Å². The zero-order valence-corrected chi connectivity index (χ0v) is 12.6. The van der Waals surface area contributed by atoms with Crippen molar-refractivity contribution >= 4 is 12.0 Å². The van der Waals surface area contributed by atoms with E-state index in [1.165, 1.54) is 17.2 Å². The summed E-state index contributed by atoms with van der Waals surface area (Å²) in [6.07, 6.45) is 3.32. The molecule has 2 nitrogen and oxygen atoms in total. The highest BCUT2D eigenvalue weighted by Gasteiger charge is 2.06. The molecule has 0 spiro atoms. The van der Waals surface area contributed by atoms with Gasteiger partial charge in [0.1, 0.15) is 0 Å². The third-order valence-corrected chi connectivity index (χ3v) is 3.03. The number of rotatable bonds is 5. The molecular weight excluding hydrogens is 236 g/mol. The van der Waals surface area contributed by atoms with Gasteiger partial charge in [0.05, 0.1) is 6.61 Å². The summed E-state index contributed by atoms with van der Waals surface area (Å²) in [5.41, 5.74) is 3.66. The van der Waals surface area contributed by atoms with Gasteiger partial charge in [-0.3, -0.25) is 0 Å². The molecule has 0 amide bonds. The Balaban J connectivity index is 3.03. The van der Waals surface area contributed by atoms with E-state index < -0.39 is 0 Å². The Morgan fingerprint density at radius 3 is 2.05 bits per heavy atom. The van der Waals surface area contributed by atoms with Gasteiger partial charge in [0.25, 0.3) is 0 Å². The number of hydrogen-bond donors (Lipinski definition) is 0. The van der Waals surface area contributed by atoms with Crippen LogP contribution >= 0.6 is 0 Å². The van der Waals surface area contributed by atoms with E-state index in [0.29, 0.717) is 18.4 Å². The minimum absolute atomic E-state index is 0.288. The molecule has 0 saturated carbocycles. The number of benzene rings is 1. The van der Waals surface area contributed by atoms with Crippen LogP contribution in [0.15, 0.2) is 24.3 Å². The molecule has 0 N–H and O–H groups in total. The van der Waals surface area contributed by atoms with Crippen molar-refractivity contribution < 1.29 is 9.53 Å². The van der Waals surface area contributed by atoms with Crippen LogP contribution in [-0.2, 0) is 9.53 Å². The van der Waals surface area contributed by atoms with E-state index in [1.807, 2.05) is 13.0 Å². The third kappa shape index (κ3) is 4.90. The first-order valence-corrected chi connectivity index (χ1v) is 6.93. The standard InChI is InChI=1S/C17H24O2/c1-6-19-17(18)8-7-14-9-15(12(2)3)11-16(10-14)13(4)5/h7-13H,6H2,1-5H3/b8-7+. The van der Waals surface area contributed by atoms with E-state index in [1.54, 1.807) is 0 Å². The first kappa shape index (κ1) is 15.5. The lowest BCUT2D eigenvalue weighted by Crippen LogP contribution is -1.99. The van der Waals surface area contributed by atoms with Crippen molar-refractivity contribution in [3.05, 3.63) is 41.0 Å². The van der Waals surface area contributed by atoms with Gasteiger partial charge < -0.3 is 4.74 Å². The van der Waals surface area contributed by atoms with Crippen molar-refractivity contribution in [3.63, 3.8) is 0 Å². The van der Waals surface area contributed by atoms with Crippen molar-refractivity contribution in [1.82, 2.24) is 0 Å². The maximum absolute atomic E-state index is 11.3. The molecule has 0 saturated heterocycles. The average molecular weight is 260 g/mol. The van der Waals surface area contributed by atoms with E-state index in [0.717, 1.165) is 5.56 Å². The minimum atomic E-state index is -0.288. The van der Waals surface area contributed by atoms with Gasteiger partial charge in [-0.2, -0.15) is 0 Å². The molecule has 0 heterocycles. The third-order valence-electron chi connectivity index (χ3n) is 3.03. The largest absolute Gasteiger partial charge is 0.463 e. The predicted octanol–water partition coefficient (Wildman–Crippen LogP) is 4.51. The SMILES string of the molecule is CCOC(=O)/C=C/c1cc(C(C)C)cc(C(C)C)c1. The fraction of sp³-hybridized carbons (Fsp3) is 0.471. The summed E-state index contributed by atoms with van der Waals surface area (Å²) in [5, 5.41) is 0. The van der Waals surface area contributed by atoms with E-state index >= 15 is 0 Å². The quantitative estimate of drug-likeness (QED) is 0.575. The molecule has 1 aromatic rings. The lowest BCUT2D eigenvalue weighted by atomic mass is 9.93. The Hall–Kier alpha value is -1.57. The summed E-state index contributed by atoms with van der Waals surface area (Å²) in [6, 6.07) is 6.51. The topological polar surface area (TPSA) is 26.3 Å². The molecule has 0 atom stereocenters. The van der Waals surface area contributed by atoms with Crippen LogP contribution in [0.1, 0.15) is 63.1 Å². The van der Waals surface area contributed by atoms with Gasteiger partial charge >= 0.3 is 5.97 Å². The zero-order chi connectivity index (χ0) is 14.4. The molecule has 0 aliphatic rings. The summed E-state index contributed by atoms with van der Waals surface area (Å²) in [7, 11) is 0. The van der Waals surface area contributed by atoms with Crippen molar-refractivity contribution in [2.45, 2.75) is 46.5 Å². The second kappa shape index (κ2) is 7.13. The van der Waals surface area contributed by atoms with Crippen LogP contribution in [0.25, 0.3) is 6.08 Å². The Morgan fingerprint density at radius 2 is 1.63 bits per heavy atom. The second-order valence-corrected chi connectivity index (χ2v) is 5.33. The van der Waals surface area contributed by atoms with Crippen molar-refractivity contribution in [3.8, 4) is 0 Å². The first-order chi connectivity index (χ1) is 8.93. The highest BCUT2D eigenvalue weighted by molar-refractivity contribution is 5.87. The number of esters is 1. The smallest absolute Gasteiger partial charge is 0.330 e.